The smallest absolute Gasteiger partial charge is 0.0898 e. The standard InChI is InChI=1S/C16H27NO2/c1-4-16(3,5-2)17-11-15(18)13-19-12-14-9-7-6-8-10-14/h6-10,15,17-18H,4-5,11-13H2,1-3H3. The molecule has 1 unspecified atom stereocenters. The number of hydrogen-bond acceptors (Lipinski definition) is 3. The molecule has 19 heavy (non-hydrogen) atoms. The Kier molecular flexibility index (Phi) is 7.06. The van der Waals surface area contributed by atoms with Crippen LogP contribution >= 0.6 is 0 Å². The number of nitrogens with one attached hydrogen (secondary N) is 1. The van der Waals surface area contributed by atoms with E-state index in [1.807, 2.05) is 30.3 Å². The van der Waals surface area contributed by atoms with E-state index in [0.717, 1.165) is 18.4 Å². The molecule has 0 radical (unpaired) electrons. The Morgan fingerprint density at radius 1 is 1.21 bits per heavy atom. The fraction of sp³-hybridized carbons (Fsp3) is 0.625. The molecule has 0 bridgehead atoms. The van der Waals surface area contributed by atoms with E-state index in [1.165, 1.54) is 0 Å². The van der Waals surface area contributed by atoms with Gasteiger partial charge < -0.3 is 15.2 Å². The van der Waals surface area contributed by atoms with Gasteiger partial charge in [-0.05, 0) is 25.3 Å². The maximum Gasteiger partial charge on any atom is 0.0898 e. The summed E-state index contributed by atoms with van der Waals surface area (Å²) in [7, 11) is 0. The Balaban J connectivity index is 2.19. The fourth-order valence-corrected chi connectivity index (χ4v) is 1.81. The van der Waals surface area contributed by atoms with Crippen LogP contribution in [0.4, 0.5) is 0 Å². The van der Waals surface area contributed by atoms with Gasteiger partial charge in [0, 0.05) is 12.1 Å². The summed E-state index contributed by atoms with van der Waals surface area (Å²) in [6, 6.07) is 10.0. The zero-order chi connectivity index (χ0) is 14.1. The van der Waals surface area contributed by atoms with Crippen molar-refractivity contribution in [2.45, 2.75) is 51.9 Å². The molecule has 0 amide bonds. The molecular weight excluding hydrogens is 238 g/mol. The Morgan fingerprint density at radius 3 is 2.42 bits per heavy atom. The predicted molar refractivity (Wildman–Crippen MR) is 79.1 cm³/mol. The number of rotatable bonds is 9. The SMILES string of the molecule is CCC(C)(CC)NCC(O)COCc1ccccc1. The molecule has 3 heteroatoms. The molecule has 0 aliphatic rings. The lowest BCUT2D eigenvalue weighted by Gasteiger charge is -2.29. The van der Waals surface area contributed by atoms with Crippen molar-refractivity contribution in [2.24, 2.45) is 0 Å². The highest BCUT2D eigenvalue weighted by Gasteiger charge is 2.19. The van der Waals surface area contributed by atoms with Gasteiger partial charge in [0.05, 0.1) is 19.3 Å². The van der Waals surface area contributed by atoms with Gasteiger partial charge in [-0.1, -0.05) is 44.2 Å². The third kappa shape index (κ3) is 6.19. The first-order chi connectivity index (χ1) is 9.09. The van der Waals surface area contributed by atoms with Gasteiger partial charge in [0.2, 0.25) is 0 Å². The molecule has 3 nitrogen and oxygen atoms in total. The molecule has 0 aliphatic heterocycles. The Hall–Kier alpha value is -0.900. The molecule has 108 valence electrons. The minimum Gasteiger partial charge on any atom is -0.389 e. The number of hydrogen-bond donors (Lipinski definition) is 2. The molecule has 1 aromatic rings. The molecule has 1 aromatic carbocycles. The zero-order valence-corrected chi connectivity index (χ0v) is 12.4. The number of aliphatic hydroxyl groups excluding tert-OH is 1. The fourth-order valence-electron chi connectivity index (χ4n) is 1.81. The summed E-state index contributed by atoms with van der Waals surface area (Å²) in [5, 5.41) is 13.3. The van der Waals surface area contributed by atoms with E-state index in [4.69, 9.17) is 4.74 Å². The van der Waals surface area contributed by atoms with E-state index >= 15 is 0 Å². The van der Waals surface area contributed by atoms with Crippen LogP contribution in [0, 0.1) is 0 Å². The maximum atomic E-state index is 9.89. The van der Waals surface area contributed by atoms with Crippen LogP contribution in [0.15, 0.2) is 30.3 Å². The van der Waals surface area contributed by atoms with Gasteiger partial charge in [-0.25, -0.2) is 0 Å². The summed E-state index contributed by atoms with van der Waals surface area (Å²) in [6.07, 6.45) is 1.66. The molecule has 0 saturated carbocycles. The minimum atomic E-state index is -0.457. The lowest BCUT2D eigenvalue weighted by Crippen LogP contribution is -2.45. The molecule has 0 heterocycles. The van der Waals surface area contributed by atoms with E-state index < -0.39 is 6.10 Å². The molecule has 0 fully saturated rings. The highest BCUT2D eigenvalue weighted by Crippen LogP contribution is 2.13. The summed E-state index contributed by atoms with van der Waals surface area (Å²) in [5.41, 5.74) is 1.25. The van der Waals surface area contributed by atoms with Crippen LogP contribution < -0.4 is 5.32 Å². The topological polar surface area (TPSA) is 41.5 Å². The van der Waals surface area contributed by atoms with E-state index in [9.17, 15) is 5.11 Å². The van der Waals surface area contributed by atoms with Gasteiger partial charge in [0.1, 0.15) is 0 Å². The lowest BCUT2D eigenvalue weighted by atomic mass is 9.95. The molecule has 2 N–H and O–H groups in total. The Morgan fingerprint density at radius 2 is 1.84 bits per heavy atom. The van der Waals surface area contributed by atoms with Crippen LogP contribution in [-0.4, -0.2) is 29.9 Å². The lowest BCUT2D eigenvalue weighted by molar-refractivity contribution is 0.0249. The van der Waals surface area contributed by atoms with Crippen LogP contribution in [0.3, 0.4) is 0 Å². The summed E-state index contributed by atoms with van der Waals surface area (Å²) in [5.74, 6) is 0. The van der Waals surface area contributed by atoms with Crippen LogP contribution in [0.2, 0.25) is 0 Å². The highest BCUT2D eigenvalue weighted by atomic mass is 16.5. The van der Waals surface area contributed by atoms with Crippen molar-refractivity contribution in [3.8, 4) is 0 Å². The van der Waals surface area contributed by atoms with Crippen LogP contribution in [-0.2, 0) is 11.3 Å². The minimum absolute atomic E-state index is 0.112. The van der Waals surface area contributed by atoms with Gasteiger partial charge >= 0.3 is 0 Å². The summed E-state index contributed by atoms with van der Waals surface area (Å²) < 4.78 is 5.52. The van der Waals surface area contributed by atoms with E-state index in [0.29, 0.717) is 19.8 Å². The molecule has 0 aliphatic carbocycles. The third-order valence-corrected chi connectivity index (χ3v) is 3.75. The first kappa shape index (κ1) is 16.2. The van der Waals surface area contributed by atoms with Crippen molar-refractivity contribution in [3.05, 3.63) is 35.9 Å². The highest BCUT2D eigenvalue weighted by molar-refractivity contribution is 5.13. The summed E-state index contributed by atoms with van der Waals surface area (Å²) in [4.78, 5) is 0. The van der Waals surface area contributed by atoms with E-state index in [2.05, 4.69) is 26.1 Å². The number of aliphatic hydroxyl groups is 1. The first-order valence-corrected chi connectivity index (χ1v) is 7.14. The van der Waals surface area contributed by atoms with Gasteiger partial charge in [-0.2, -0.15) is 0 Å². The average molecular weight is 265 g/mol. The van der Waals surface area contributed by atoms with E-state index in [1.54, 1.807) is 0 Å². The van der Waals surface area contributed by atoms with Gasteiger partial charge in [0.15, 0.2) is 0 Å². The molecule has 1 atom stereocenters. The van der Waals surface area contributed by atoms with Crippen molar-refractivity contribution in [1.82, 2.24) is 5.32 Å². The Labute approximate surface area is 117 Å². The van der Waals surface area contributed by atoms with E-state index in [-0.39, 0.29) is 5.54 Å². The quantitative estimate of drug-likeness (QED) is 0.721. The Bertz CT molecular complexity index is 336. The summed E-state index contributed by atoms with van der Waals surface area (Å²) >= 11 is 0. The van der Waals surface area contributed by atoms with Crippen molar-refractivity contribution in [3.63, 3.8) is 0 Å². The predicted octanol–water partition coefficient (Wildman–Crippen LogP) is 2.73. The normalized spacial score (nSPS) is 13.5. The second-order valence-electron chi connectivity index (χ2n) is 5.30. The van der Waals surface area contributed by atoms with Crippen LogP contribution in [0.25, 0.3) is 0 Å². The molecule has 0 spiro atoms. The molecular formula is C16H27NO2. The molecule has 0 saturated heterocycles. The molecule has 0 aromatic heterocycles. The van der Waals surface area contributed by atoms with Crippen molar-refractivity contribution in [2.75, 3.05) is 13.2 Å². The first-order valence-electron chi connectivity index (χ1n) is 7.14. The summed E-state index contributed by atoms with van der Waals surface area (Å²) in [6.45, 7) is 8.00. The van der Waals surface area contributed by atoms with Gasteiger partial charge in [-0.15, -0.1) is 0 Å². The van der Waals surface area contributed by atoms with Crippen LogP contribution in [0.5, 0.6) is 0 Å². The second-order valence-corrected chi connectivity index (χ2v) is 5.30. The number of ether oxygens (including phenoxy) is 1. The number of β-amino-alcohol motifs (C(OH)–C–C–N with tert-alkyl or cyclic N) is 1. The monoisotopic (exact) mass is 265 g/mol. The molecule has 1 rings (SSSR count). The van der Waals surface area contributed by atoms with Crippen molar-refractivity contribution in [1.29, 1.82) is 0 Å². The van der Waals surface area contributed by atoms with Gasteiger partial charge in [-0.3, -0.25) is 0 Å². The number of benzene rings is 1. The maximum absolute atomic E-state index is 9.89. The van der Waals surface area contributed by atoms with Crippen molar-refractivity contribution >= 4 is 0 Å². The third-order valence-electron chi connectivity index (χ3n) is 3.75. The van der Waals surface area contributed by atoms with Gasteiger partial charge in [0.25, 0.3) is 0 Å². The zero-order valence-electron chi connectivity index (χ0n) is 12.4. The van der Waals surface area contributed by atoms with Crippen LogP contribution in [0.1, 0.15) is 39.2 Å². The second kappa shape index (κ2) is 8.31. The van der Waals surface area contributed by atoms with Crippen molar-refractivity contribution < 1.29 is 9.84 Å². The largest absolute Gasteiger partial charge is 0.389 e. The average Bonchev–Trinajstić information content (AvgIpc) is 2.46.